The second kappa shape index (κ2) is 8.66. The monoisotopic (exact) mass is 505 g/mol. The predicted octanol–water partition coefficient (Wildman–Crippen LogP) is 5.65. The molecule has 0 spiro atoms. The fraction of sp³-hybridized carbons (Fsp3) is 0.273. The van der Waals surface area contributed by atoms with Crippen LogP contribution in [-0.2, 0) is 0 Å². The van der Waals surface area contributed by atoms with Gasteiger partial charge in [-0.3, -0.25) is 9.78 Å². The quantitative estimate of drug-likeness (QED) is 0.451. The number of halogens is 2. The Labute approximate surface area is 183 Å². The van der Waals surface area contributed by atoms with Crippen molar-refractivity contribution < 1.29 is 4.79 Å². The smallest absolute Gasteiger partial charge is 0.251 e. The number of hydrogen-bond acceptors (Lipinski definition) is 3. The van der Waals surface area contributed by atoms with Crippen LogP contribution in [0.4, 0.5) is 5.69 Å². The minimum atomic E-state index is 0.0183. The number of hydrogen-bond donors (Lipinski definition) is 2. The molecule has 1 aliphatic rings. The zero-order valence-electron chi connectivity index (χ0n) is 15.3. The van der Waals surface area contributed by atoms with Gasteiger partial charge >= 0.3 is 0 Å². The molecule has 1 amide bonds. The lowest BCUT2D eigenvalue weighted by atomic mass is 9.90. The van der Waals surface area contributed by atoms with Gasteiger partial charge in [0.2, 0.25) is 0 Å². The summed E-state index contributed by atoms with van der Waals surface area (Å²) in [6, 6.07) is 16.1. The summed E-state index contributed by atoms with van der Waals surface area (Å²) in [5.41, 5.74) is 2.71. The van der Waals surface area contributed by atoms with Crippen molar-refractivity contribution in [2.75, 3.05) is 5.32 Å². The lowest BCUT2D eigenvalue weighted by Gasteiger charge is -2.30. The topological polar surface area (TPSA) is 54.0 Å². The molecular weight excluding hydrogens is 485 g/mol. The molecule has 2 aromatic carbocycles. The molecule has 1 fully saturated rings. The first-order valence-corrected chi connectivity index (χ1v) is 10.9. The molecule has 6 heteroatoms. The normalized spacial score (nSPS) is 19.4. The third-order valence-corrected chi connectivity index (χ3v) is 6.19. The van der Waals surface area contributed by atoms with E-state index in [0.29, 0.717) is 11.1 Å². The number of pyridine rings is 1. The van der Waals surface area contributed by atoms with E-state index in [1.54, 1.807) is 0 Å². The lowest BCUT2D eigenvalue weighted by Crippen LogP contribution is -2.40. The van der Waals surface area contributed by atoms with Gasteiger partial charge in [-0.25, -0.2) is 0 Å². The second-order valence-electron chi connectivity index (χ2n) is 7.19. The number of anilines is 1. The van der Waals surface area contributed by atoms with Crippen LogP contribution >= 0.6 is 34.2 Å². The number of benzene rings is 2. The summed E-state index contributed by atoms with van der Waals surface area (Å²) in [6.45, 7) is 0. The summed E-state index contributed by atoms with van der Waals surface area (Å²) in [5.74, 6) is 0.0183. The Bertz CT molecular complexity index is 985. The van der Waals surface area contributed by atoms with Gasteiger partial charge in [0, 0.05) is 43.5 Å². The summed E-state index contributed by atoms with van der Waals surface area (Å²) in [4.78, 5) is 16.8. The molecule has 0 bridgehead atoms. The number of nitrogens with zero attached hydrogens (tertiary/aromatic N) is 1. The van der Waals surface area contributed by atoms with Gasteiger partial charge in [-0.05, 0) is 96.8 Å². The molecule has 4 rings (SSSR count). The first-order chi connectivity index (χ1) is 13.6. The maximum absolute atomic E-state index is 12.4. The van der Waals surface area contributed by atoms with Crippen LogP contribution in [0.2, 0.25) is 5.02 Å². The minimum Gasteiger partial charge on any atom is -0.382 e. The number of carbonyl (C=O) groups excluding carboxylic acids is 1. The molecular formula is C22H21ClIN3O. The Balaban J connectivity index is 1.34. The minimum absolute atomic E-state index is 0.0183. The first kappa shape index (κ1) is 19.5. The summed E-state index contributed by atoms with van der Waals surface area (Å²) >= 11 is 8.32. The SMILES string of the molecule is O=C(NC1CCC(Nc2ccnc3cc(Cl)ccc23)CC1)c1ccc(I)cc1. The van der Waals surface area contributed by atoms with E-state index in [0.717, 1.165) is 51.4 Å². The average Bonchev–Trinajstić information content (AvgIpc) is 2.70. The largest absolute Gasteiger partial charge is 0.382 e. The molecule has 4 nitrogen and oxygen atoms in total. The number of nitrogens with one attached hydrogen (secondary N) is 2. The number of amides is 1. The van der Waals surface area contributed by atoms with E-state index in [9.17, 15) is 4.79 Å². The van der Waals surface area contributed by atoms with Crippen molar-refractivity contribution in [1.29, 1.82) is 0 Å². The van der Waals surface area contributed by atoms with Gasteiger partial charge in [0.05, 0.1) is 5.52 Å². The Hall–Kier alpha value is -1.86. The van der Waals surface area contributed by atoms with Crippen LogP contribution in [0, 0.1) is 3.57 Å². The molecule has 0 saturated heterocycles. The van der Waals surface area contributed by atoms with E-state index in [1.165, 1.54) is 0 Å². The lowest BCUT2D eigenvalue weighted by molar-refractivity contribution is 0.0926. The molecule has 1 aliphatic carbocycles. The highest BCUT2D eigenvalue weighted by Crippen LogP contribution is 2.28. The third-order valence-electron chi connectivity index (χ3n) is 5.23. The van der Waals surface area contributed by atoms with E-state index in [4.69, 9.17) is 11.6 Å². The molecule has 0 unspecified atom stereocenters. The van der Waals surface area contributed by atoms with Crippen molar-refractivity contribution in [3.05, 3.63) is 68.9 Å². The maximum atomic E-state index is 12.4. The summed E-state index contributed by atoms with van der Waals surface area (Å²) in [5, 5.41) is 8.62. The molecule has 0 atom stereocenters. The van der Waals surface area contributed by atoms with Crippen LogP contribution in [0.3, 0.4) is 0 Å². The molecule has 0 radical (unpaired) electrons. The number of rotatable bonds is 4. The van der Waals surface area contributed by atoms with Crippen molar-refractivity contribution in [2.45, 2.75) is 37.8 Å². The molecule has 28 heavy (non-hydrogen) atoms. The molecule has 144 valence electrons. The second-order valence-corrected chi connectivity index (χ2v) is 8.88. The highest BCUT2D eigenvalue weighted by atomic mass is 127. The Kier molecular flexibility index (Phi) is 6.01. The third kappa shape index (κ3) is 4.58. The van der Waals surface area contributed by atoms with Crippen LogP contribution in [0.1, 0.15) is 36.0 Å². The molecule has 0 aliphatic heterocycles. The highest BCUT2D eigenvalue weighted by molar-refractivity contribution is 14.1. The van der Waals surface area contributed by atoms with Crippen LogP contribution in [-0.4, -0.2) is 23.0 Å². The zero-order valence-corrected chi connectivity index (χ0v) is 18.2. The summed E-state index contributed by atoms with van der Waals surface area (Å²) in [6.07, 6.45) is 5.81. The number of aromatic nitrogens is 1. The van der Waals surface area contributed by atoms with Crippen molar-refractivity contribution >= 4 is 56.7 Å². The van der Waals surface area contributed by atoms with Gasteiger partial charge < -0.3 is 10.6 Å². The molecule has 1 aromatic heterocycles. The standard InChI is InChI=1S/C22H21ClIN3O/c23-15-3-10-19-20(11-12-25-21(19)13-15)26-17-6-8-18(9-7-17)27-22(28)14-1-4-16(24)5-2-14/h1-5,10-13,17-18H,6-9H2,(H,25,26)(H,27,28). The van der Waals surface area contributed by atoms with Gasteiger partial charge in [0.25, 0.3) is 5.91 Å². The maximum Gasteiger partial charge on any atom is 0.251 e. The van der Waals surface area contributed by atoms with E-state index < -0.39 is 0 Å². The van der Waals surface area contributed by atoms with E-state index in [-0.39, 0.29) is 11.9 Å². The fourth-order valence-electron chi connectivity index (χ4n) is 3.72. The predicted molar refractivity (Wildman–Crippen MR) is 123 cm³/mol. The van der Waals surface area contributed by atoms with E-state index >= 15 is 0 Å². The van der Waals surface area contributed by atoms with Crippen molar-refractivity contribution in [2.24, 2.45) is 0 Å². The first-order valence-electron chi connectivity index (χ1n) is 9.46. The number of fused-ring (bicyclic) bond motifs is 1. The highest BCUT2D eigenvalue weighted by Gasteiger charge is 2.23. The van der Waals surface area contributed by atoms with Crippen LogP contribution in [0.15, 0.2) is 54.7 Å². The summed E-state index contributed by atoms with van der Waals surface area (Å²) < 4.78 is 1.13. The fourth-order valence-corrected chi connectivity index (χ4v) is 4.25. The average molecular weight is 506 g/mol. The van der Waals surface area contributed by atoms with Gasteiger partial charge in [-0.15, -0.1) is 0 Å². The number of carbonyl (C=O) groups is 1. The zero-order chi connectivity index (χ0) is 19.5. The van der Waals surface area contributed by atoms with Crippen molar-refractivity contribution in [3.63, 3.8) is 0 Å². The molecule has 1 heterocycles. The van der Waals surface area contributed by atoms with E-state index in [1.807, 2.05) is 54.7 Å². The molecule has 1 saturated carbocycles. The van der Waals surface area contributed by atoms with Gasteiger partial charge in [-0.1, -0.05) is 11.6 Å². The van der Waals surface area contributed by atoms with Gasteiger partial charge in [0.1, 0.15) is 0 Å². The Morgan fingerprint density at radius 1 is 1.00 bits per heavy atom. The Morgan fingerprint density at radius 2 is 1.71 bits per heavy atom. The van der Waals surface area contributed by atoms with Crippen molar-refractivity contribution in [1.82, 2.24) is 10.3 Å². The van der Waals surface area contributed by atoms with E-state index in [2.05, 4.69) is 38.2 Å². The molecule has 3 aromatic rings. The summed E-state index contributed by atoms with van der Waals surface area (Å²) in [7, 11) is 0. The molecule has 2 N–H and O–H groups in total. The van der Waals surface area contributed by atoms with Gasteiger partial charge in [0.15, 0.2) is 0 Å². The van der Waals surface area contributed by atoms with Crippen molar-refractivity contribution in [3.8, 4) is 0 Å². The van der Waals surface area contributed by atoms with Gasteiger partial charge in [-0.2, -0.15) is 0 Å². The van der Waals surface area contributed by atoms with Crippen LogP contribution < -0.4 is 10.6 Å². The van der Waals surface area contributed by atoms with Crippen LogP contribution in [0.25, 0.3) is 10.9 Å². The Morgan fingerprint density at radius 3 is 2.46 bits per heavy atom. The van der Waals surface area contributed by atoms with Crippen LogP contribution in [0.5, 0.6) is 0 Å².